The fourth-order valence-corrected chi connectivity index (χ4v) is 3.55. The maximum Gasteiger partial charge on any atom is 0.329 e. The van der Waals surface area contributed by atoms with E-state index in [1.165, 1.54) is 4.57 Å². The highest BCUT2D eigenvalue weighted by Gasteiger charge is 2.31. The summed E-state index contributed by atoms with van der Waals surface area (Å²) in [6, 6.07) is 3.36. The van der Waals surface area contributed by atoms with Crippen molar-refractivity contribution < 1.29 is 9.59 Å². The van der Waals surface area contributed by atoms with Crippen LogP contribution in [0.5, 0.6) is 0 Å². The standard InChI is InChI=1S/C16H18N4O3/c1-19-12-8-10-9(3-2-6-17-10)7-13(12)20(16(19)23)11-4-5-14(21)18-15(11)22/h7-8,11,17H,2-6H2,1H3,(H,18,21,22). The van der Waals surface area contributed by atoms with E-state index in [2.05, 4.69) is 10.6 Å². The molecule has 1 saturated heterocycles. The zero-order chi connectivity index (χ0) is 16.1. The highest BCUT2D eigenvalue weighted by atomic mass is 16.2. The van der Waals surface area contributed by atoms with Gasteiger partial charge in [0.2, 0.25) is 11.8 Å². The van der Waals surface area contributed by atoms with Gasteiger partial charge in [0.1, 0.15) is 6.04 Å². The lowest BCUT2D eigenvalue weighted by molar-refractivity contribution is -0.135. The lowest BCUT2D eigenvalue weighted by Gasteiger charge is -2.23. The molecule has 7 nitrogen and oxygen atoms in total. The third-order valence-electron chi connectivity index (χ3n) is 4.77. The number of hydrogen-bond donors (Lipinski definition) is 2. The third-order valence-corrected chi connectivity index (χ3v) is 4.77. The predicted octanol–water partition coefficient (Wildman–Crippen LogP) is 0.676. The fraction of sp³-hybridized carbons (Fsp3) is 0.438. The minimum Gasteiger partial charge on any atom is -0.385 e. The largest absolute Gasteiger partial charge is 0.385 e. The number of imidazole rings is 1. The van der Waals surface area contributed by atoms with Crippen molar-refractivity contribution in [2.45, 2.75) is 31.7 Å². The summed E-state index contributed by atoms with van der Waals surface area (Å²) in [5, 5.41) is 5.69. The van der Waals surface area contributed by atoms with Crippen LogP contribution >= 0.6 is 0 Å². The molecule has 2 amide bonds. The minimum absolute atomic E-state index is 0.225. The zero-order valence-corrected chi connectivity index (χ0v) is 12.9. The van der Waals surface area contributed by atoms with E-state index in [1.807, 2.05) is 12.1 Å². The van der Waals surface area contributed by atoms with E-state index in [0.29, 0.717) is 6.42 Å². The van der Waals surface area contributed by atoms with Gasteiger partial charge in [0.25, 0.3) is 0 Å². The molecule has 0 aliphatic carbocycles. The van der Waals surface area contributed by atoms with E-state index in [4.69, 9.17) is 0 Å². The lowest BCUT2D eigenvalue weighted by Crippen LogP contribution is -2.44. The Morgan fingerprint density at radius 3 is 2.74 bits per heavy atom. The van der Waals surface area contributed by atoms with Crippen LogP contribution in [0.3, 0.4) is 0 Å². The minimum atomic E-state index is -0.626. The zero-order valence-electron chi connectivity index (χ0n) is 12.9. The number of nitrogens with one attached hydrogen (secondary N) is 2. The molecule has 0 radical (unpaired) electrons. The molecular weight excluding hydrogens is 296 g/mol. The first-order valence-corrected chi connectivity index (χ1v) is 7.87. The number of benzene rings is 1. The van der Waals surface area contributed by atoms with Crippen molar-refractivity contribution in [1.82, 2.24) is 14.5 Å². The molecule has 7 heteroatoms. The number of aryl methyl sites for hydroxylation is 2. The molecule has 4 rings (SSSR count). The summed E-state index contributed by atoms with van der Waals surface area (Å²) in [5.41, 5.74) is 3.55. The quantitative estimate of drug-likeness (QED) is 0.758. The van der Waals surface area contributed by atoms with E-state index in [-0.39, 0.29) is 18.0 Å². The van der Waals surface area contributed by atoms with Gasteiger partial charge in [0.05, 0.1) is 11.0 Å². The van der Waals surface area contributed by atoms with Crippen molar-refractivity contribution in [3.05, 3.63) is 28.2 Å². The van der Waals surface area contributed by atoms with Crippen LogP contribution in [0.4, 0.5) is 5.69 Å². The number of hydrogen-bond acceptors (Lipinski definition) is 4. The van der Waals surface area contributed by atoms with Crippen molar-refractivity contribution in [1.29, 1.82) is 0 Å². The number of imide groups is 1. The summed E-state index contributed by atoms with van der Waals surface area (Å²) >= 11 is 0. The van der Waals surface area contributed by atoms with Gasteiger partial charge in [-0.25, -0.2) is 4.79 Å². The first kappa shape index (κ1) is 14.0. The lowest BCUT2D eigenvalue weighted by atomic mass is 10.0. The predicted molar refractivity (Wildman–Crippen MR) is 85.4 cm³/mol. The molecule has 2 aromatic rings. The van der Waals surface area contributed by atoms with E-state index < -0.39 is 11.9 Å². The second-order valence-corrected chi connectivity index (χ2v) is 6.21. The van der Waals surface area contributed by atoms with E-state index in [1.54, 1.807) is 11.6 Å². The summed E-state index contributed by atoms with van der Waals surface area (Å²) in [4.78, 5) is 36.2. The van der Waals surface area contributed by atoms with E-state index >= 15 is 0 Å². The van der Waals surface area contributed by atoms with Crippen molar-refractivity contribution >= 4 is 28.5 Å². The molecular formula is C16H18N4O3. The van der Waals surface area contributed by atoms with Crippen LogP contribution in [0, 0.1) is 0 Å². The SMILES string of the molecule is Cn1c(=O)n(C2CCC(=O)NC2=O)c2cc3c(cc21)NCCC3. The Hall–Kier alpha value is -2.57. The summed E-state index contributed by atoms with van der Waals surface area (Å²) in [7, 11) is 1.71. The van der Waals surface area contributed by atoms with Gasteiger partial charge in [0, 0.05) is 25.7 Å². The monoisotopic (exact) mass is 314 g/mol. The topological polar surface area (TPSA) is 85.1 Å². The van der Waals surface area contributed by atoms with Gasteiger partial charge in [0.15, 0.2) is 0 Å². The van der Waals surface area contributed by atoms with Crippen LogP contribution in [0.1, 0.15) is 30.9 Å². The van der Waals surface area contributed by atoms with E-state index in [9.17, 15) is 14.4 Å². The Bertz CT molecular complexity index is 893. The Kier molecular flexibility index (Phi) is 3.04. The number of aromatic nitrogens is 2. The Morgan fingerprint density at radius 1 is 1.13 bits per heavy atom. The second kappa shape index (κ2) is 4.97. The molecule has 2 aliphatic rings. The molecule has 0 saturated carbocycles. The first-order valence-electron chi connectivity index (χ1n) is 7.87. The number of piperidine rings is 1. The van der Waals surface area contributed by atoms with Gasteiger partial charge in [-0.15, -0.1) is 0 Å². The molecule has 120 valence electrons. The molecule has 1 aromatic heterocycles. The average Bonchev–Trinajstić information content (AvgIpc) is 2.77. The van der Waals surface area contributed by atoms with Gasteiger partial charge < -0.3 is 5.32 Å². The molecule has 2 N–H and O–H groups in total. The van der Waals surface area contributed by atoms with E-state index in [0.717, 1.165) is 41.7 Å². The van der Waals surface area contributed by atoms with Crippen LogP contribution < -0.4 is 16.3 Å². The number of amides is 2. The Balaban J connectivity index is 1.92. The van der Waals surface area contributed by atoms with Gasteiger partial charge in [-0.05, 0) is 37.0 Å². The number of rotatable bonds is 1. The highest BCUT2D eigenvalue weighted by molar-refractivity contribution is 6.00. The molecule has 1 unspecified atom stereocenters. The normalized spacial score (nSPS) is 21.0. The maximum absolute atomic E-state index is 12.7. The second-order valence-electron chi connectivity index (χ2n) is 6.21. The Morgan fingerprint density at radius 2 is 1.96 bits per heavy atom. The number of fused-ring (bicyclic) bond motifs is 2. The van der Waals surface area contributed by atoms with Crippen LogP contribution in [0.15, 0.2) is 16.9 Å². The number of anilines is 1. The molecule has 23 heavy (non-hydrogen) atoms. The molecule has 3 heterocycles. The summed E-state index contributed by atoms with van der Waals surface area (Å²) in [5.74, 6) is -0.673. The average molecular weight is 314 g/mol. The molecule has 0 spiro atoms. The summed E-state index contributed by atoms with van der Waals surface area (Å²) in [6.45, 7) is 0.931. The van der Waals surface area contributed by atoms with Crippen molar-refractivity contribution in [3.63, 3.8) is 0 Å². The summed E-state index contributed by atoms with van der Waals surface area (Å²) in [6.07, 6.45) is 2.62. The van der Waals surface area contributed by atoms with Crippen LogP contribution in [0.25, 0.3) is 11.0 Å². The maximum atomic E-state index is 12.7. The highest BCUT2D eigenvalue weighted by Crippen LogP contribution is 2.30. The number of carbonyl (C=O) groups is 2. The van der Waals surface area contributed by atoms with Crippen molar-refractivity contribution in [3.8, 4) is 0 Å². The molecule has 1 aromatic carbocycles. The Labute approximate surface area is 132 Å². The van der Waals surface area contributed by atoms with Crippen LogP contribution in [-0.4, -0.2) is 27.5 Å². The molecule has 0 bridgehead atoms. The van der Waals surface area contributed by atoms with Gasteiger partial charge in [-0.2, -0.15) is 0 Å². The van der Waals surface area contributed by atoms with Crippen LogP contribution in [-0.2, 0) is 23.1 Å². The third kappa shape index (κ3) is 2.07. The molecule has 1 atom stereocenters. The molecule has 1 fully saturated rings. The van der Waals surface area contributed by atoms with Gasteiger partial charge >= 0.3 is 5.69 Å². The van der Waals surface area contributed by atoms with Crippen molar-refractivity contribution in [2.24, 2.45) is 7.05 Å². The number of carbonyl (C=O) groups excluding carboxylic acids is 2. The summed E-state index contributed by atoms with van der Waals surface area (Å²) < 4.78 is 3.10. The van der Waals surface area contributed by atoms with Crippen molar-refractivity contribution in [2.75, 3.05) is 11.9 Å². The first-order chi connectivity index (χ1) is 11.1. The smallest absolute Gasteiger partial charge is 0.329 e. The van der Waals surface area contributed by atoms with Crippen LogP contribution in [0.2, 0.25) is 0 Å². The van der Waals surface area contributed by atoms with Gasteiger partial charge in [-0.3, -0.25) is 24.0 Å². The fourth-order valence-electron chi connectivity index (χ4n) is 3.55. The van der Waals surface area contributed by atoms with Gasteiger partial charge in [-0.1, -0.05) is 0 Å². The molecule has 2 aliphatic heterocycles. The number of nitrogens with zero attached hydrogens (tertiary/aromatic N) is 2.